The lowest BCUT2D eigenvalue weighted by molar-refractivity contribution is 0.405. The van der Waals surface area contributed by atoms with Crippen molar-refractivity contribution in [2.75, 3.05) is 32.5 Å². The molecule has 4 rings (SSSR count). The van der Waals surface area contributed by atoms with Crippen molar-refractivity contribution < 1.29 is 0 Å². The zero-order valence-corrected chi connectivity index (χ0v) is 23.1. The molecule has 0 saturated carbocycles. The maximum absolute atomic E-state index is 6.35. The van der Waals surface area contributed by atoms with E-state index in [4.69, 9.17) is 16.6 Å². The number of aromatic nitrogens is 3. The second kappa shape index (κ2) is 16.3. The molecule has 0 aliphatic heterocycles. The second-order valence-corrected chi connectivity index (χ2v) is 8.72. The average Bonchev–Trinajstić information content (AvgIpc) is 3.25. The van der Waals surface area contributed by atoms with Crippen molar-refractivity contribution in [1.29, 1.82) is 0 Å². The fourth-order valence-corrected chi connectivity index (χ4v) is 3.66. The maximum atomic E-state index is 6.35. The van der Waals surface area contributed by atoms with Crippen LogP contribution in [0.4, 0.5) is 5.82 Å². The number of halogens is 1. The summed E-state index contributed by atoms with van der Waals surface area (Å²) >= 11 is 6.35. The molecule has 2 heterocycles. The molecule has 0 fully saturated rings. The molecule has 192 valence electrons. The molecule has 2 aromatic heterocycles. The van der Waals surface area contributed by atoms with Crippen molar-refractivity contribution in [3.05, 3.63) is 109 Å². The highest BCUT2D eigenvalue weighted by atomic mass is 35.5. The van der Waals surface area contributed by atoms with Crippen LogP contribution >= 0.6 is 11.6 Å². The SMILES string of the molecule is C=C.C=C.Cc1cccc(C)c1.Cc1cnn2c(NCCCN(C)C)cc(-c3ccccc3Cl)nc12. The molecular formula is C30H40ClN5. The van der Waals surface area contributed by atoms with E-state index in [0.717, 1.165) is 47.8 Å². The second-order valence-electron chi connectivity index (χ2n) is 8.31. The van der Waals surface area contributed by atoms with Crippen molar-refractivity contribution in [1.82, 2.24) is 19.5 Å². The van der Waals surface area contributed by atoms with Gasteiger partial charge in [0.15, 0.2) is 5.65 Å². The molecule has 0 bridgehead atoms. The number of anilines is 1. The normalized spacial score (nSPS) is 9.86. The first kappa shape index (κ1) is 30.6. The van der Waals surface area contributed by atoms with Crippen LogP contribution in [0.1, 0.15) is 23.1 Å². The van der Waals surface area contributed by atoms with E-state index in [2.05, 4.69) is 93.8 Å². The number of nitrogens with one attached hydrogen (secondary N) is 1. The van der Waals surface area contributed by atoms with Crippen LogP contribution in [-0.4, -0.2) is 46.7 Å². The molecule has 4 aromatic rings. The lowest BCUT2D eigenvalue weighted by Crippen LogP contribution is -2.17. The van der Waals surface area contributed by atoms with Gasteiger partial charge in [-0.25, -0.2) is 4.98 Å². The molecule has 0 spiro atoms. The Labute approximate surface area is 222 Å². The summed E-state index contributed by atoms with van der Waals surface area (Å²) in [5.41, 5.74) is 6.35. The van der Waals surface area contributed by atoms with Gasteiger partial charge < -0.3 is 10.2 Å². The van der Waals surface area contributed by atoms with Crippen molar-refractivity contribution in [3.63, 3.8) is 0 Å². The Morgan fingerprint density at radius 3 is 2.11 bits per heavy atom. The van der Waals surface area contributed by atoms with Gasteiger partial charge in [-0.3, -0.25) is 0 Å². The van der Waals surface area contributed by atoms with Crippen molar-refractivity contribution in [3.8, 4) is 11.3 Å². The number of fused-ring (bicyclic) bond motifs is 1. The van der Waals surface area contributed by atoms with Gasteiger partial charge in [-0.05, 0) is 53.9 Å². The standard InChI is InChI=1S/C18H22ClN5.C8H10.2C2H4/c1-13-12-21-24-17(20-9-6-10-23(2)3)11-16(22-18(13)24)14-7-4-5-8-15(14)19;1-7-4-3-5-8(2)6-7;2*1-2/h4-5,7-8,11-12,20H,6,9-10H2,1-3H3;3-6H,1-2H3;2*1-2H2. The van der Waals surface area contributed by atoms with Gasteiger partial charge in [0, 0.05) is 28.8 Å². The Hall–Kier alpha value is -3.41. The third-order valence-corrected chi connectivity index (χ3v) is 5.39. The zero-order chi connectivity index (χ0) is 27.1. The lowest BCUT2D eigenvalue weighted by atomic mass is 10.1. The first-order chi connectivity index (χ1) is 17.3. The number of benzene rings is 2. The van der Waals surface area contributed by atoms with E-state index in [9.17, 15) is 0 Å². The van der Waals surface area contributed by atoms with Gasteiger partial charge in [0.1, 0.15) is 5.82 Å². The molecule has 6 heteroatoms. The minimum absolute atomic E-state index is 0.699. The highest BCUT2D eigenvalue weighted by Crippen LogP contribution is 2.29. The van der Waals surface area contributed by atoms with Crippen LogP contribution in [0.3, 0.4) is 0 Å². The van der Waals surface area contributed by atoms with Gasteiger partial charge in [-0.1, -0.05) is 65.2 Å². The van der Waals surface area contributed by atoms with Crippen LogP contribution in [0.15, 0.2) is 87.1 Å². The summed E-state index contributed by atoms with van der Waals surface area (Å²) in [5, 5.41) is 8.61. The third kappa shape index (κ3) is 9.33. The van der Waals surface area contributed by atoms with Crippen LogP contribution in [0, 0.1) is 20.8 Å². The monoisotopic (exact) mass is 505 g/mol. The summed E-state index contributed by atoms with van der Waals surface area (Å²) in [7, 11) is 4.16. The van der Waals surface area contributed by atoms with Crippen LogP contribution in [-0.2, 0) is 0 Å². The van der Waals surface area contributed by atoms with Crippen molar-refractivity contribution >= 4 is 23.1 Å². The minimum atomic E-state index is 0.699. The predicted molar refractivity (Wildman–Crippen MR) is 158 cm³/mol. The molecule has 0 atom stereocenters. The van der Waals surface area contributed by atoms with E-state index in [1.807, 2.05) is 48.0 Å². The van der Waals surface area contributed by atoms with E-state index >= 15 is 0 Å². The number of nitrogens with zero attached hydrogens (tertiary/aromatic N) is 4. The smallest absolute Gasteiger partial charge is 0.160 e. The molecule has 0 aliphatic carbocycles. The summed E-state index contributed by atoms with van der Waals surface area (Å²) in [6.07, 6.45) is 2.89. The molecule has 1 N–H and O–H groups in total. The summed E-state index contributed by atoms with van der Waals surface area (Å²) in [6.45, 7) is 20.1. The Balaban J connectivity index is 0.000000452. The van der Waals surface area contributed by atoms with Gasteiger partial charge >= 0.3 is 0 Å². The summed E-state index contributed by atoms with van der Waals surface area (Å²) in [4.78, 5) is 6.93. The van der Waals surface area contributed by atoms with Gasteiger partial charge in [0.2, 0.25) is 0 Å². The third-order valence-electron chi connectivity index (χ3n) is 5.06. The first-order valence-electron chi connectivity index (χ1n) is 11.9. The number of hydrogen-bond acceptors (Lipinski definition) is 4. The van der Waals surface area contributed by atoms with E-state index in [1.54, 1.807) is 0 Å². The van der Waals surface area contributed by atoms with Crippen LogP contribution < -0.4 is 5.32 Å². The number of hydrogen-bond donors (Lipinski definition) is 1. The van der Waals surface area contributed by atoms with Gasteiger partial charge in [0.05, 0.1) is 11.9 Å². The molecule has 0 unspecified atom stereocenters. The highest BCUT2D eigenvalue weighted by molar-refractivity contribution is 6.33. The fraction of sp³-hybridized carbons (Fsp3) is 0.267. The largest absolute Gasteiger partial charge is 0.370 e. The summed E-state index contributed by atoms with van der Waals surface area (Å²) in [6, 6.07) is 18.2. The minimum Gasteiger partial charge on any atom is -0.370 e. The molecule has 0 radical (unpaired) electrons. The van der Waals surface area contributed by atoms with Crippen LogP contribution in [0.25, 0.3) is 16.9 Å². The molecule has 2 aromatic carbocycles. The Morgan fingerprint density at radius 1 is 0.917 bits per heavy atom. The summed E-state index contributed by atoms with van der Waals surface area (Å²) < 4.78 is 1.85. The van der Waals surface area contributed by atoms with Crippen molar-refractivity contribution in [2.45, 2.75) is 27.2 Å². The van der Waals surface area contributed by atoms with E-state index in [1.165, 1.54) is 11.1 Å². The van der Waals surface area contributed by atoms with Gasteiger partial charge in [-0.15, -0.1) is 26.3 Å². The van der Waals surface area contributed by atoms with Crippen LogP contribution in [0.5, 0.6) is 0 Å². The average molecular weight is 506 g/mol. The number of rotatable bonds is 6. The molecule has 0 amide bonds. The van der Waals surface area contributed by atoms with Crippen molar-refractivity contribution in [2.24, 2.45) is 0 Å². The quantitative estimate of drug-likeness (QED) is 0.216. The molecule has 0 aliphatic rings. The predicted octanol–water partition coefficient (Wildman–Crippen LogP) is 7.63. The number of aryl methyl sites for hydroxylation is 3. The van der Waals surface area contributed by atoms with E-state index < -0.39 is 0 Å². The Bertz CT molecular complexity index is 1180. The molecular weight excluding hydrogens is 466 g/mol. The molecule has 5 nitrogen and oxygen atoms in total. The molecule has 36 heavy (non-hydrogen) atoms. The first-order valence-corrected chi connectivity index (χ1v) is 12.2. The fourth-order valence-electron chi connectivity index (χ4n) is 3.42. The van der Waals surface area contributed by atoms with E-state index in [-0.39, 0.29) is 0 Å². The zero-order valence-electron chi connectivity index (χ0n) is 22.4. The Morgan fingerprint density at radius 2 is 1.56 bits per heavy atom. The topological polar surface area (TPSA) is 45.5 Å². The Kier molecular flexibility index (Phi) is 13.9. The maximum Gasteiger partial charge on any atom is 0.160 e. The van der Waals surface area contributed by atoms with E-state index in [0.29, 0.717) is 5.02 Å². The van der Waals surface area contributed by atoms with Gasteiger partial charge in [-0.2, -0.15) is 9.61 Å². The summed E-state index contributed by atoms with van der Waals surface area (Å²) in [5.74, 6) is 0.932. The lowest BCUT2D eigenvalue weighted by Gasteiger charge is -2.13. The van der Waals surface area contributed by atoms with Gasteiger partial charge in [0.25, 0.3) is 0 Å². The van der Waals surface area contributed by atoms with Crippen LogP contribution in [0.2, 0.25) is 5.02 Å². The molecule has 0 saturated heterocycles. The highest BCUT2D eigenvalue weighted by Gasteiger charge is 2.12.